The first-order valence-corrected chi connectivity index (χ1v) is 12.6. The zero-order valence-electron chi connectivity index (χ0n) is 17.7. The maximum atomic E-state index is 13.1. The fourth-order valence-electron chi connectivity index (χ4n) is 4.70. The lowest BCUT2D eigenvalue weighted by Gasteiger charge is -2.37. The van der Waals surface area contributed by atoms with Gasteiger partial charge in [-0.15, -0.1) is 0 Å². The molecule has 2 aliphatic rings. The number of hydrogen-bond acceptors (Lipinski definition) is 4. The lowest BCUT2D eigenvalue weighted by molar-refractivity contribution is -0.136. The fourth-order valence-corrected chi connectivity index (χ4v) is 6.44. The van der Waals surface area contributed by atoms with E-state index in [1.165, 1.54) is 20.6 Å². The van der Waals surface area contributed by atoms with Gasteiger partial charge in [0.1, 0.15) is 6.04 Å². The molecule has 2 saturated heterocycles. The number of amides is 1. The van der Waals surface area contributed by atoms with E-state index >= 15 is 0 Å². The quantitative estimate of drug-likeness (QED) is 0.708. The van der Waals surface area contributed by atoms with Gasteiger partial charge in [-0.05, 0) is 35.6 Å². The minimum atomic E-state index is -3.34. The van der Waals surface area contributed by atoms with Gasteiger partial charge in [0.05, 0.1) is 5.75 Å². The second kappa shape index (κ2) is 9.04. The van der Waals surface area contributed by atoms with Crippen LogP contribution in [0, 0.1) is 0 Å². The van der Waals surface area contributed by atoms with Gasteiger partial charge < -0.3 is 4.90 Å². The van der Waals surface area contributed by atoms with Crippen molar-refractivity contribution in [3.63, 3.8) is 0 Å². The molecule has 2 aliphatic heterocycles. The predicted octanol–water partition coefficient (Wildman–Crippen LogP) is 2.69. The van der Waals surface area contributed by atoms with E-state index in [9.17, 15) is 13.2 Å². The summed E-state index contributed by atoms with van der Waals surface area (Å²) in [5.74, 6) is 0.104. The molecule has 0 spiro atoms. The van der Waals surface area contributed by atoms with E-state index in [-0.39, 0.29) is 11.7 Å². The summed E-state index contributed by atoms with van der Waals surface area (Å²) >= 11 is 0. The molecule has 30 heavy (non-hydrogen) atoms. The van der Waals surface area contributed by atoms with Gasteiger partial charge in [0.2, 0.25) is 15.9 Å². The Morgan fingerprint density at radius 3 is 2.50 bits per heavy atom. The van der Waals surface area contributed by atoms with Gasteiger partial charge >= 0.3 is 0 Å². The second-order valence-electron chi connectivity index (χ2n) is 8.32. The number of nitrogens with zero attached hydrogens (tertiary/aromatic N) is 3. The predicted molar refractivity (Wildman–Crippen MR) is 120 cm³/mol. The highest BCUT2D eigenvalue weighted by atomic mass is 32.2. The summed E-state index contributed by atoms with van der Waals surface area (Å²) in [6, 6.07) is 14.3. The SMILES string of the molecule is CCCS(=O)(=O)N1CCCC1C(=O)N1CCN(Cc2cccc3ccccc23)CC1. The number of sulfonamides is 1. The van der Waals surface area contributed by atoms with Crippen molar-refractivity contribution < 1.29 is 13.2 Å². The van der Waals surface area contributed by atoms with Crippen molar-refractivity contribution in [3.8, 4) is 0 Å². The van der Waals surface area contributed by atoms with Crippen LogP contribution < -0.4 is 0 Å². The first-order valence-electron chi connectivity index (χ1n) is 11.0. The van der Waals surface area contributed by atoms with E-state index in [1.54, 1.807) is 0 Å². The zero-order valence-corrected chi connectivity index (χ0v) is 18.5. The monoisotopic (exact) mass is 429 g/mol. The Bertz CT molecular complexity index is 994. The molecule has 0 radical (unpaired) electrons. The van der Waals surface area contributed by atoms with E-state index in [1.807, 2.05) is 11.8 Å². The molecule has 7 heteroatoms. The third kappa shape index (κ3) is 4.38. The van der Waals surface area contributed by atoms with Crippen LogP contribution in [-0.4, -0.2) is 72.9 Å². The number of carbonyl (C=O) groups is 1. The van der Waals surface area contributed by atoms with Crippen LogP contribution in [0.4, 0.5) is 0 Å². The normalized spacial score (nSPS) is 21.4. The molecule has 2 aromatic carbocycles. The summed E-state index contributed by atoms with van der Waals surface area (Å²) in [4.78, 5) is 17.3. The van der Waals surface area contributed by atoms with E-state index in [0.717, 1.165) is 26.1 Å². The van der Waals surface area contributed by atoms with Gasteiger partial charge in [0.15, 0.2) is 0 Å². The summed E-state index contributed by atoms with van der Waals surface area (Å²) in [6.07, 6.45) is 1.98. The molecule has 0 N–H and O–H groups in total. The molecule has 162 valence electrons. The minimum Gasteiger partial charge on any atom is -0.339 e. The molecule has 2 aromatic rings. The lowest BCUT2D eigenvalue weighted by atomic mass is 10.0. The molecular formula is C23H31N3O3S. The van der Waals surface area contributed by atoms with E-state index < -0.39 is 16.1 Å². The first kappa shape index (κ1) is 21.3. The number of carbonyl (C=O) groups excluding carboxylic acids is 1. The smallest absolute Gasteiger partial charge is 0.241 e. The van der Waals surface area contributed by atoms with E-state index in [0.29, 0.717) is 32.5 Å². The largest absolute Gasteiger partial charge is 0.339 e. The highest BCUT2D eigenvalue weighted by molar-refractivity contribution is 7.89. The van der Waals surface area contributed by atoms with Crippen LogP contribution in [0.5, 0.6) is 0 Å². The van der Waals surface area contributed by atoms with Gasteiger partial charge in [-0.25, -0.2) is 8.42 Å². The average Bonchev–Trinajstić information content (AvgIpc) is 3.25. The Hall–Kier alpha value is -1.96. The van der Waals surface area contributed by atoms with Gasteiger partial charge in [-0.2, -0.15) is 4.31 Å². The molecule has 0 saturated carbocycles. The minimum absolute atomic E-state index is 0.0167. The number of hydrogen-bond donors (Lipinski definition) is 0. The Kier molecular flexibility index (Phi) is 6.41. The summed E-state index contributed by atoms with van der Waals surface area (Å²) in [5, 5.41) is 2.53. The molecule has 2 heterocycles. The number of piperazine rings is 1. The van der Waals surface area contributed by atoms with Crippen molar-refractivity contribution >= 4 is 26.7 Å². The molecular weight excluding hydrogens is 398 g/mol. The summed E-state index contributed by atoms with van der Waals surface area (Å²) in [5.41, 5.74) is 1.31. The van der Waals surface area contributed by atoms with Crippen molar-refractivity contribution in [3.05, 3.63) is 48.0 Å². The molecule has 0 aromatic heterocycles. The maximum Gasteiger partial charge on any atom is 0.241 e. The number of rotatable bonds is 6. The van der Waals surface area contributed by atoms with Crippen LogP contribution in [0.1, 0.15) is 31.7 Å². The summed E-state index contributed by atoms with van der Waals surface area (Å²) in [6.45, 7) is 6.12. The average molecular weight is 430 g/mol. The van der Waals surface area contributed by atoms with Gasteiger partial charge in [-0.3, -0.25) is 9.69 Å². The van der Waals surface area contributed by atoms with Crippen LogP contribution in [-0.2, 0) is 21.4 Å². The Morgan fingerprint density at radius 2 is 1.73 bits per heavy atom. The molecule has 6 nitrogen and oxygen atoms in total. The van der Waals surface area contributed by atoms with Crippen molar-refractivity contribution in [1.29, 1.82) is 0 Å². The third-order valence-electron chi connectivity index (χ3n) is 6.27. The Balaban J connectivity index is 1.38. The third-order valence-corrected chi connectivity index (χ3v) is 8.34. The van der Waals surface area contributed by atoms with Crippen LogP contribution >= 0.6 is 0 Å². The van der Waals surface area contributed by atoms with Crippen LogP contribution in [0.2, 0.25) is 0 Å². The van der Waals surface area contributed by atoms with Crippen LogP contribution in [0.15, 0.2) is 42.5 Å². The maximum absolute atomic E-state index is 13.1. The van der Waals surface area contributed by atoms with Crippen molar-refractivity contribution in [2.24, 2.45) is 0 Å². The standard InChI is InChI=1S/C23H31N3O3S/c1-2-17-30(28,29)26-12-6-11-22(26)23(27)25-15-13-24(14-16-25)18-20-9-5-8-19-7-3-4-10-21(19)20/h3-5,7-10,22H,2,6,11-18H2,1H3. The summed E-state index contributed by atoms with van der Waals surface area (Å²) < 4.78 is 26.5. The van der Waals surface area contributed by atoms with Crippen molar-refractivity contribution in [2.45, 2.75) is 38.8 Å². The van der Waals surface area contributed by atoms with Crippen molar-refractivity contribution in [1.82, 2.24) is 14.1 Å². The fraction of sp³-hybridized carbons (Fsp3) is 0.522. The molecule has 2 fully saturated rings. The molecule has 1 unspecified atom stereocenters. The zero-order chi connectivity index (χ0) is 21.1. The van der Waals surface area contributed by atoms with Crippen LogP contribution in [0.25, 0.3) is 10.8 Å². The van der Waals surface area contributed by atoms with Gasteiger partial charge in [-0.1, -0.05) is 49.4 Å². The Labute approximate surface area is 179 Å². The van der Waals surface area contributed by atoms with Crippen molar-refractivity contribution in [2.75, 3.05) is 38.5 Å². The molecule has 1 atom stereocenters. The topological polar surface area (TPSA) is 60.9 Å². The van der Waals surface area contributed by atoms with Gasteiger partial charge in [0.25, 0.3) is 0 Å². The van der Waals surface area contributed by atoms with E-state index in [4.69, 9.17) is 0 Å². The molecule has 1 amide bonds. The lowest BCUT2D eigenvalue weighted by Crippen LogP contribution is -2.54. The highest BCUT2D eigenvalue weighted by Crippen LogP contribution is 2.25. The molecule has 0 aliphatic carbocycles. The van der Waals surface area contributed by atoms with Crippen LogP contribution in [0.3, 0.4) is 0 Å². The Morgan fingerprint density at radius 1 is 1.00 bits per heavy atom. The van der Waals surface area contributed by atoms with Gasteiger partial charge in [0, 0.05) is 39.3 Å². The molecule has 4 rings (SSSR count). The highest BCUT2D eigenvalue weighted by Gasteiger charge is 2.40. The second-order valence-corrected chi connectivity index (χ2v) is 10.4. The van der Waals surface area contributed by atoms with E-state index in [2.05, 4.69) is 47.4 Å². The summed E-state index contributed by atoms with van der Waals surface area (Å²) in [7, 11) is -3.34. The first-order chi connectivity index (χ1) is 14.5. The number of fused-ring (bicyclic) bond motifs is 1. The molecule has 0 bridgehead atoms. The number of benzene rings is 2.